The zero-order valence-electron chi connectivity index (χ0n) is 17.4. The fourth-order valence-electron chi connectivity index (χ4n) is 4.11. The lowest BCUT2D eigenvalue weighted by atomic mass is 10.0. The van der Waals surface area contributed by atoms with Crippen LogP contribution in [0.1, 0.15) is 42.5 Å². The van der Waals surface area contributed by atoms with Gasteiger partial charge in [-0.05, 0) is 38.3 Å². The van der Waals surface area contributed by atoms with Crippen LogP contribution in [-0.4, -0.2) is 78.7 Å². The fraction of sp³-hybridized carbons (Fsp3) is 0.619. The Morgan fingerprint density at radius 3 is 2.70 bits per heavy atom. The van der Waals surface area contributed by atoms with Gasteiger partial charge in [-0.1, -0.05) is 11.6 Å². The number of nitrogens with one attached hydrogen (secondary N) is 1. The predicted molar refractivity (Wildman–Crippen MR) is 116 cm³/mol. The topological polar surface area (TPSA) is 108 Å². The van der Waals surface area contributed by atoms with Crippen LogP contribution in [0.15, 0.2) is 12.1 Å². The monoisotopic (exact) mass is 438 g/mol. The normalized spacial score (nSPS) is 22.2. The average molecular weight is 439 g/mol. The van der Waals surface area contributed by atoms with Gasteiger partial charge in [-0.2, -0.15) is 0 Å². The SMILES string of the molecule is COc1cc(N)c(Cl)cc1C(=O)N[C@@H]1CCN(CCCC(=O)N2CCCC2)C[C@H]1O. The molecule has 1 aromatic rings. The largest absolute Gasteiger partial charge is 0.496 e. The van der Waals surface area contributed by atoms with Gasteiger partial charge in [0.05, 0.1) is 35.5 Å². The summed E-state index contributed by atoms with van der Waals surface area (Å²) < 4.78 is 5.23. The first-order valence-electron chi connectivity index (χ1n) is 10.5. The number of ether oxygens (including phenoxy) is 1. The number of amides is 2. The number of nitrogens with two attached hydrogens (primary N) is 1. The molecule has 0 saturated carbocycles. The zero-order valence-corrected chi connectivity index (χ0v) is 18.2. The molecule has 0 aliphatic carbocycles. The molecular formula is C21H31ClN4O4. The second-order valence-corrected chi connectivity index (χ2v) is 8.41. The van der Waals surface area contributed by atoms with Crippen molar-refractivity contribution in [3.63, 3.8) is 0 Å². The number of carbonyl (C=O) groups excluding carboxylic acids is 2. The molecule has 0 spiro atoms. The lowest BCUT2D eigenvalue weighted by Crippen LogP contribution is -2.54. The minimum absolute atomic E-state index is 0.228. The molecule has 0 aromatic heterocycles. The molecule has 0 radical (unpaired) electrons. The van der Waals surface area contributed by atoms with Crippen LogP contribution in [0.5, 0.6) is 5.75 Å². The van der Waals surface area contributed by atoms with E-state index in [4.69, 9.17) is 22.1 Å². The van der Waals surface area contributed by atoms with Crippen LogP contribution in [0, 0.1) is 0 Å². The van der Waals surface area contributed by atoms with Gasteiger partial charge < -0.3 is 30.7 Å². The first kappa shape index (κ1) is 22.7. The van der Waals surface area contributed by atoms with Crippen molar-refractivity contribution < 1.29 is 19.4 Å². The van der Waals surface area contributed by atoms with E-state index in [1.807, 2.05) is 4.90 Å². The average Bonchev–Trinajstić information content (AvgIpc) is 3.26. The quantitative estimate of drug-likeness (QED) is 0.557. The number of nitrogens with zero attached hydrogens (tertiary/aromatic N) is 2. The third-order valence-corrected chi connectivity index (χ3v) is 6.20. The highest BCUT2D eigenvalue weighted by molar-refractivity contribution is 6.33. The Bertz CT molecular complexity index is 770. The Kier molecular flexibility index (Phi) is 7.80. The maximum Gasteiger partial charge on any atom is 0.255 e. The Hall–Kier alpha value is -2.03. The maximum absolute atomic E-state index is 12.7. The summed E-state index contributed by atoms with van der Waals surface area (Å²) in [5.74, 6) is 0.206. The number of likely N-dealkylation sites (tertiary alicyclic amines) is 2. The smallest absolute Gasteiger partial charge is 0.255 e. The van der Waals surface area contributed by atoms with Crippen molar-refractivity contribution in [1.29, 1.82) is 0 Å². The number of carbonyl (C=O) groups is 2. The summed E-state index contributed by atoms with van der Waals surface area (Å²) in [6, 6.07) is 2.63. The molecule has 166 valence electrons. The molecule has 30 heavy (non-hydrogen) atoms. The summed E-state index contributed by atoms with van der Waals surface area (Å²) in [6.07, 6.45) is 3.46. The molecule has 0 unspecified atom stereocenters. The molecule has 9 heteroatoms. The van der Waals surface area contributed by atoms with E-state index in [1.165, 1.54) is 19.2 Å². The summed E-state index contributed by atoms with van der Waals surface area (Å²) >= 11 is 6.05. The fourth-order valence-corrected chi connectivity index (χ4v) is 4.27. The lowest BCUT2D eigenvalue weighted by molar-refractivity contribution is -0.130. The van der Waals surface area contributed by atoms with Crippen LogP contribution in [0.4, 0.5) is 5.69 Å². The van der Waals surface area contributed by atoms with Gasteiger partial charge in [0.25, 0.3) is 5.91 Å². The van der Waals surface area contributed by atoms with E-state index in [0.29, 0.717) is 30.8 Å². The van der Waals surface area contributed by atoms with Crippen molar-refractivity contribution in [3.8, 4) is 5.75 Å². The standard InChI is InChI=1S/C21H31ClN4O4/c1-30-19-12-16(23)15(22)11-14(19)21(29)24-17-6-10-25(13-18(17)27)7-4-5-20(28)26-8-2-3-9-26/h11-12,17-18,27H,2-10,13,23H2,1H3,(H,24,29)/t17-,18-/m1/s1. The molecule has 3 rings (SSSR count). The molecule has 2 amide bonds. The number of β-amino-alcohol motifs (C(OH)–C–C–N with tert-alkyl or cyclic N) is 1. The van der Waals surface area contributed by atoms with Crippen molar-refractivity contribution in [1.82, 2.24) is 15.1 Å². The molecule has 2 aliphatic rings. The van der Waals surface area contributed by atoms with Gasteiger partial charge in [0.1, 0.15) is 5.75 Å². The summed E-state index contributed by atoms with van der Waals surface area (Å²) in [5.41, 5.74) is 6.39. The summed E-state index contributed by atoms with van der Waals surface area (Å²) in [5, 5.41) is 13.7. The van der Waals surface area contributed by atoms with E-state index < -0.39 is 6.10 Å². The maximum atomic E-state index is 12.7. The summed E-state index contributed by atoms with van der Waals surface area (Å²) in [6.45, 7) is 3.74. The third kappa shape index (κ3) is 5.56. The predicted octanol–water partition coefficient (Wildman–Crippen LogP) is 1.50. The Balaban J connectivity index is 1.47. The van der Waals surface area contributed by atoms with Crippen LogP contribution in [0.2, 0.25) is 5.02 Å². The number of piperidine rings is 1. The van der Waals surface area contributed by atoms with Gasteiger partial charge >= 0.3 is 0 Å². The molecular weight excluding hydrogens is 408 g/mol. The summed E-state index contributed by atoms with van der Waals surface area (Å²) in [7, 11) is 1.46. The number of aliphatic hydroxyl groups is 1. The number of nitrogen functional groups attached to an aromatic ring is 1. The van der Waals surface area contributed by atoms with Crippen molar-refractivity contribution in [2.75, 3.05) is 45.6 Å². The Morgan fingerprint density at radius 1 is 1.30 bits per heavy atom. The van der Waals surface area contributed by atoms with Crippen LogP contribution < -0.4 is 15.8 Å². The van der Waals surface area contributed by atoms with Gasteiger partial charge in [0.15, 0.2) is 0 Å². The molecule has 2 saturated heterocycles. The number of halogens is 1. The van der Waals surface area contributed by atoms with Gasteiger partial charge in [0, 0.05) is 38.7 Å². The molecule has 2 aliphatic heterocycles. The molecule has 2 atom stereocenters. The van der Waals surface area contributed by atoms with Crippen LogP contribution in [-0.2, 0) is 4.79 Å². The van der Waals surface area contributed by atoms with Crippen molar-refractivity contribution in [3.05, 3.63) is 22.7 Å². The lowest BCUT2D eigenvalue weighted by Gasteiger charge is -2.36. The molecule has 8 nitrogen and oxygen atoms in total. The molecule has 0 bridgehead atoms. The van der Waals surface area contributed by atoms with E-state index in [0.717, 1.165) is 45.4 Å². The first-order valence-corrected chi connectivity index (χ1v) is 10.9. The molecule has 2 fully saturated rings. The zero-order chi connectivity index (χ0) is 21.7. The van der Waals surface area contributed by atoms with Gasteiger partial charge in [0.2, 0.25) is 5.91 Å². The van der Waals surface area contributed by atoms with Crippen LogP contribution in [0.25, 0.3) is 0 Å². The van der Waals surface area contributed by atoms with Crippen LogP contribution >= 0.6 is 11.6 Å². The van der Waals surface area contributed by atoms with Crippen LogP contribution in [0.3, 0.4) is 0 Å². The molecule has 4 N–H and O–H groups in total. The second kappa shape index (κ2) is 10.3. The van der Waals surface area contributed by atoms with Crippen molar-refractivity contribution in [2.45, 2.75) is 44.2 Å². The van der Waals surface area contributed by atoms with Crippen molar-refractivity contribution in [2.24, 2.45) is 0 Å². The number of hydrogen-bond donors (Lipinski definition) is 3. The Morgan fingerprint density at radius 2 is 2.03 bits per heavy atom. The highest BCUT2D eigenvalue weighted by Gasteiger charge is 2.30. The minimum Gasteiger partial charge on any atom is -0.496 e. The third-order valence-electron chi connectivity index (χ3n) is 5.87. The van der Waals surface area contributed by atoms with E-state index in [9.17, 15) is 14.7 Å². The summed E-state index contributed by atoms with van der Waals surface area (Å²) in [4.78, 5) is 28.9. The number of benzene rings is 1. The van der Waals surface area contributed by atoms with Gasteiger partial charge in [-0.15, -0.1) is 0 Å². The van der Waals surface area contributed by atoms with E-state index in [2.05, 4.69) is 10.2 Å². The van der Waals surface area contributed by atoms with E-state index >= 15 is 0 Å². The minimum atomic E-state index is -0.688. The first-order chi connectivity index (χ1) is 14.4. The van der Waals surface area contributed by atoms with E-state index in [1.54, 1.807) is 0 Å². The number of aliphatic hydroxyl groups excluding tert-OH is 1. The van der Waals surface area contributed by atoms with Gasteiger partial charge in [-0.3, -0.25) is 9.59 Å². The molecule has 2 heterocycles. The highest BCUT2D eigenvalue weighted by atomic mass is 35.5. The van der Waals surface area contributed by atoms with E-state index in [-0.39, 0.29) is 28.4 Å². The number of rotatable bonds is 7. The molecule has 1 aromatic carbocycles. The second-order valence-electron chi connectivity index (χ2n) is 8.00. The van der Waals surface area contributed by atoms with Crippen molar-refractivity contribution >= 4 is 29.1 Å². The highest BCUT2D eigenvalue weighted by Crippen LogP contribution is 2.29. The number of methoxy groups -OCH3 is 1. The Labute approximate surface area is 182 Å². The van der Waals surface area contributed by atoms with Gasteiger partial charge in [-0.25, -0.2) is 0 Å². The number of hydrogen-bond acceptors (Lipinski definition) is 6. The number of anilines is 1.